The van der Waals surface area contributed by atoms with Gasteiger partial charge in [0.1, 0.15) is 11.9 Å². The predicted octanol–water partition coefficient (Wildman–Crippen LogP) is 2.40. The van der Waals surface area contributed by atoms with Crippen molar-refractivity contribution in [3.8, 4) is 0 Å². The standard InChI is InChI=1S/C13H13BrFNO3/c1-8(14)7-11(13(18)19-2)16-12(17)9-3-5-10(15)6-4-9/h3-6,11H,1,7H2,2H3,(H,16,17)/t11-/m1/s1. The minimum atomic E-state index is -0.838. The summed E-state index contributed by atoms with van der Waals surface area (Å²) in [4.78, 5) is 23.4. The largest absolute Gasteiger partial charge is 0.467 e. The fourth-order valence-corrected chi connectivity index (χ4v) is 1.72. The van der Waals surface area contributed by atoms with Gasteiger partial charge in [-0.3, -0.25) is 4.79 Å². The Hall–Kier alpha value is -1.69. The molecule has 0 aromatic heterocycles. The molecule has 1 N–H and O–H groups in total. The molecule has 0 saturated heterocycles. The van der Waals surface area contributed by atoms with Gasteiger partial charge in [-0.25, -0.2) is 9.18 Å². The topological polar surface area (TPSA) is 55.4 Å². The number of methoxy groups -OCH3 is 1. The van der Waals surface area contributed by atoms with Crippen molar-refractivity contribution >= 4 is 27.8 Å². The van der Waals surface area contributed by atoms with E-state index in [-0.39, 0.29) is 12.0 Å². The average molecular weight is 330 g/mol. The number of hydrogen-bond donors (Lipinski definition) is 1. The van der Waals surface area contributed by atoms with E-state index >= 15 is 0 Å². The van der Waals surface area contributed by atoms with Crippen LogP contribution in [0.3, 0.4) is 0 Å². The second-order valence-corrected chi connectivity index (χ2v) is 4.90. The Morgan fingerprint density at radius 2 is 2.00 bits per heavy atom. The summed E-state index contributed by atoms with van der Waals surface area (Å²) in [5.41, 5.74) is 0.260. The number of carbonyl (C=O) groups is 2. The van der Waals surface area contributed by atoms with Crippen molar-refractivity contribution in [2.45, 2.75) is 12.5 Å². The van der Waals surface area contributed by atoms with Crippen LogP contribution in [0.1, 0.15) is 16.8 Å². The van der Waals surface area contributed by atoms with E-state index in [9.17, 15) is 14.0 Å². The molecule has 0 aliphatic carbocycles. The number of rotatable bonds is 5. The molecule has 19 heavy (non-hydrogen) atoms. The molecule has 102 valence electrons. The van der Waals surface area contributed by atoms with Gasteiger partial charge in [-0.15, -0.1) is 0 Å². The Morgan fingerprint density at radius 3 is 2.47 bits per heavy atom. The summed E-state index contributed by atoms with van der Waals surface area (Å²) < 4.78 is 17.9. The number of esters is 1. The van der Waals surface area contributed by atoms with Gasteiger partial charge in [0, 0.05) is 12.0 Å². The number of benzene rings is 1. The van der Waals surface area contributed by atoms with Crippen molar-refractivity contribution < 1.29 is 18.7 Å². The Morgan fingerprint density at radius 1 is 1.42 bits per heavy atom. The van der Waals surface area contributed by atoms with Crippen LogP contribution in [0, 0.1) is 5.82 Å². The maximum absolute atomic E-state index is 12.7. The van der Waals surface area contributed by atoms with Crippen LogP contribution in [0.25, 0.3) is 0 Å². The first-order valence-electron chi connectivity index (χ1n) is 5.41. The molecule has 0 saturated carbocycles. The zero-order valence-corrected chi connectivity index (χ0v) is 11.9. The molecule has 1 atom stereocenters. The summed E-state index contributed by atoms with van der Waals surface area (Å²) in [7, 11) is 1.23. The molecular formula is C13H13BrFNO3. The highest BCUT2D eigenvalue weighted by Gasteiger charge is 2.22. The van der Waals surface area contributed by atoms with Crippen molar-refractivity contribution in [2.75, 3.05) is 7.11 Å². The van der Waals surface area contributed by atoms with Crippen molar-refractivity contribution in [3.63, 3.8) is 0 Å². The Kier molecular flexibility index (Phi) is 5.69. The fourth-order valence-electron chi connectivity index (χ4n) is 1.40. The first-order valence-corrected chi connectivity index (χ1v) is 6.21. The summed E-state index contributed by atoms with van der Waals surface area (Å²) in [5, 5.41) is 2.51. The molecule has 1 amide bonds. The van der Waals surface area contributed by atoms with Crippen LogP contribution >= 0.6 is 15.9 Å². The highest BCUT2D eigenvalue weighted by atomic mass is 79.9. The number of halogens is 2. The third kappa shape index (κ3) is 4.82. The molecule has 1 rings (SSSR count). The lowest BCUT2D eigenvalue weighted by Gasteiger charge is -2.15. The van der Waals surface area contributed by atoms with Crippen molar-refractivity contribution in [1.29, 1.82) is 0 Å². The van der Waals surface area contributed by atoms with Gasteiger partial charge in [0.05, 0.1) is 7.11 Å². The first-order chi connectivity index (χ1) is 8.93. The molecular weight excluding hydrogens is 317 g/mol. The van der Waals surface area contributed by atoms with Gasteiger partial charge in [-0.2, -0.15) is 0 Å². The van der Waals surface area contributed by atoms with E-state index in [4.69, 9.17) is 0 Å². The highest BCUT2D eigenvalue weighted by Crippen LogP contribution is 2.12. The zero-order valence-electron chi connectivity index (χ0n) is 10.3. The van der Waals surface area contributed by atoms with Gasteiger partial charge in [0.25, 0.3) is 5.91 Å². The van der Waals surface area contributed by atoms with Crippen molar-refractivity contribution in [1.82, 2.24) is 5.32 Å². The molecule has 4 nitrogen and oxygen atoms in total. The normalized spacial score (nSPS) is 11.5. The summed E-state index contributed by atoms with van der Waals surface area (Å²) in [6.45, 7) is 3.61. The minimum absolute atomic E-state index is 0.208. The molecule has 0 bridgehead atoms. The molecule has 0 aliphatic rings. The molecule has 0 aliphatic heterocycles. The van der Waals surface area contributed by atoms with E-state index in [1.165, 1.54) is 31.4 Å². The van der Waals surface area contributed by atoms with Gasteiger partial charge in [-0.05, 0) is 28.7 Å². The van der Waals surface area contributed by atoms with Crippen LogP contribution in [0.4, 0.5) is 4.39 Å². The van der Waals surface area contributed by atoms with E-state index < -0.39 is 23.7 Å². The third-order valence-corrected chi connectivity index (χ3v) is 2.65. The van der Waals surface area contributed by atoms with Crippen LogP contribution in [-0.4, -0.2) is 25.0 Å². The van der Waals surface area contributed by atoms with Crippen LogP contribution in [-0.2, 0) is 9.53 Å². The Balaban J connectivity index is 2.78. The van der Waals surface area contributed by atoms with Gasteiger partial charge in [0.2, 0.25) is 0 Å². The summed E-state index contributed by atoms with van der Waals surface area (Å²) >= 11 is 3.13. The number of carbonyl (C=O) groups excluding carboxylic acids is 2. The van der Waals surface area contributed by atoms with E-state index in [0.717, 1.165) is 0 Å². The van der Waals surface area contributed by atoms with Crippen LogP contribution in [0.15, 0.2) is 35.3 Å². The lowest BCUT2D eigenvalue weighted by Crippen LogP contribution is -2.41. The number of hydrogen-bond acceptors (Lipinski definition) is 3. The smallest absolute Gasteiger partial charge is 0.328 e. The molecule has 0 heterocycles. The van der Waals surface area contributed by atoms with Crippen LogP contribution in [0.2, 0.25) is 0 Å². The maximum Gasteiger partial charge on any atom is 0.328 e. The van der Waals surface area contributed by atoms with Gasteiger partial charge < -0.3 is 10.1 Å². The van der Waals surface area contributed by atoms with E-state index in [0.29, 0.717) is 4.48 Å². The second kappa shape index (κ2) is 7.04. The molecule has 0 spiro atoms. The van der Waals surface area contributed by atoms with Crippen LogP contribution < -0.4 is 5.32 Å². The minimum Gasteiger partial charge on any atom is -0.467 e. The van der Waals surface area contributed by atoms with Crippen molar-refractivity contribution in [2.24, 2.45) is 0 Å². The Labute approximate surface area is 118 Å². The molecule has 1 aromatic carbocycles. The lowest BCUT2D eigenvalue weighted by molar-refractivity contribution is -0.142. The van der Waals surface area contributed by atoms with E-state index in [1.54, 1.807) is 0 Å². The molecule has 0 fully saturated rings. The molecule has 0 unspecified atom stereocenters. The summed E-state index contributed by atoms with van der Waals surface area (Å²) in [6.07, 6.45) is 0.208. The predicted molar refractivity (Wildman–Crippen MR) is 72.4 cm³/mol. The fraction of sp³-hybridized carbons (Fsp3) is 0.231. The van der Waals surface area contributed by atoms with Gasteiger partial charge in [0.15, 0.2) is 0 Å². The third-order valence-electron chi connectivity index (χ3n) is 2.32. The zero-order chi connectivity index (χ0) is 14.4. The lowest BCUT2D eigenvalue weighted by atomic mass is 10.1. The maximum atomic E-state index is 12.7. The average Bonchev–Trinajstić information content (AvgIpc) is 2.37. The van der Waals surface area contributed by atoms with E-state index in [1.807, 2.05) is 0 Å². The molecule has 1 aromatic rings. The SMILES string of the molecule is C=C(Br)C[C@@H](NC(=O)c1ccc(F)cc1)C(=O)OC. The van der Waals surface area contributed by atoms with Gasteiger partial charge >= 0.3 is 5.97 Å². The molecule has 6 heteroatoms. The number of nitrogens with one attached hydrogen (secondary N) is 1. The molecule has 0 radical (unpaired) electrons. The van der Waals surface area contributed by atoms with Gasteiger partial charge in [-0.1, -0.05) is 22.5 Å². The number of ether oxygens (including phenoxy) is 1. The monoisotopic (exact) mass is 329 g/mol. The second-order valence-electron chi connectivity index (χ2n) is 3.78. The van der Waals surface area contributed by atoms with E-state index in [2.05, 4.69) is 32.6 Å². The van der Waals surface area contributed by atoms with Crippen LogP contribution in [0.5, 0.6) is 0 Å². The quantitative estimate of drug-likeness (QED) is 0.844. The number of amides is 1. The Bertz CT molecular complexity index is 487. The highest BCUT2D eigenvalue weighted by molar-refractivity contribution is 9.11. The first kappa shape index (κ1) is 15.4. The summed E-state index contributed by atoms with van der Waals surface area (Å²) in [6, 6.07) is 4.18. The summed E-state index contributed by atoms with van der Waals surface area (Å²) in [5.74, 6) is -1.49. The van der Waals surface area contributed by atoms with Crippen molar-refractivity contribution in [3.05, 3.63) is 46.7 Å².